The molecule has 16 heavy (non-hydrogen) atoms. The molecule has 2 aliphatic rings. The number of morpholine rings is 1. The van der Waals surface area contributed by atoms with Gasteiger partial charge in [0.1, 0.15) is 0 Å². The lowest BCUT2D eigenvalue weighted by molar-refractivity contribution is -0.146. The SMILES string of the molecule is CC1(C)COCCN1C(=O)C1=CCCCO1. The van der Waals surface area contributed by atoms with Crippen LogP contribution in [-0.2, 0) is 14.3 Å². The summed E-state index contributed by atoms with van der Waals surface area (Å²) in [5.74, 6) is 0.522. The second kappa shape index (κ2) is 4.45. The van der Waals surface area contributed by atoms with Crippen LogP contribution in [0.5, 0.6) is 0 Å². The van der Waals surface area contributed by atoms with Crippen LogP contribution in [0.2, 0.25) is 0 Å². The number of hydrogen-bond donors (Lipinski definition) is 0. The molecule has 2 heterocycles. The fraction of sp³-hybridized carbons (Fsp3) is 0.750. The van der Waals surface area contributed by atoms with Gasteiger partial charge in [-0.15, -0.1) is 0 Å². The number of ether oxygens (including phenoxy) is 2. The van der Waals surface area contributed by atoms with Crippen molar-refractivity contribution in [3.05, 3.63) is 11.8 Å². The molecule has 0 aromatic heterocycles. The monoisotopic (exact) mass is 225 g/mol. The highest BCUT2D eigenvalue weighted by Crippen LogP contribution is 2.23. The van der Waals surface area contributed by atoms with Crippen LogP contribution >= 0.6 is 0 Å². The first-order chi connectivity index (χ1) is 7.61. The fourth-order valence-corrected chi connectivity index (χ4v) is 2.07. The summed E-state index contributed by atoms with van der Waals surface area (Å²) in [6, 6.07) is 0. The van der Waals surface area contributed by atoms with E-state index in [0.717, 1.165) is 12.8 Å². The van der Waals surface area contributed by atoms with Gasteiger partial charge in [-0.25, -0.2) is 0 Å². The molecule has 0 aliphatic carbocycles. The average Bonchev–Trinajstić information content (AvgIpc) is 2.29. The van der Waals surface area contributed by atoms with Gasteiger partial charge >= 0.3 is 0 Å². The molecule has 0 unspecified atom stereocenters. The Morgan fingerprint density at radius 3 is 2.88 bits per heavy atom. The molecule has 2 rings (SSSR count). The lowest BCUT2D eigenvalue weighted by Gasteiger charge is -2.42. The number of carbonyl (C=O) groups is 1. The van der Waals surface area contributed by atoms with E-state index < -0.39 is 0 Å². The minimum absolute atomic E-state index is 0.00741. The Kier molecular flexibility index (Phi) is 3.19. The van der Waals surface area contributed by atoms with Crippen molar-refractivity contribution in [2.45, 2.75) is 32.2 Å². The highest BCUT2D eigenvalue weighted by atomic mass is 16.5. The lowest BCUT2D eigenvalue weighted by atomic mass is 10.0. The first kappa shape index (κ1) is 11.5. The smallest absolute Gasteiger partial charge is 0.289 e. The summed E-state index contributed by atoms with van der Waals surface area (Å²) >= 11 is 0. The normalized spacial score (nSPS) is 24.6. The molecule has 4 heteroatoms. The van der Waals surface area contributed by atoms with Crippen LogP contribution in [0, 0.1) is 0 Å². The van der Waals surface area contributed by atoms with Gasteiger partial charge in [0.05, 0.1) is 25.4 Å². The molecule has 1 saturated heterocycles. The molecular weight excluding hydrogens is 206 g/mol. The predicted molar refractivity (Wildman–Crippen MR) is 59.9 cm³/mol. The molecule has 0 bridgehead atoms. The van der Waals surface area contributed by atoms with Crippen LogP contribution in [0.1, 0.15) is 26.7 Å². The molecule has 4 nitrogen and oxygen atoms in total. The minimum Gasteiger partial charge on any atom is -0.488 e. The van der Waals surface area contributed by atoms with E-state index in [0.29, 0.717) is 32.1 Å². The Morgan fingerprint density at radius 2 is 2.25 bits per heavy atom. The molecular formula is C12H19NO3. The number of carbonyl (C=O) groups excluding carboxylic acids is 1. The summed E-state index contributed by atoms with van der Waals surface area (Å²) in [4.78, 5) is 14.1. The van der Waals surface area contributed by atoms with Gasteiger partial charge in [0.15, 0.2) is 5.76 Å². The summed E-state index contributed by atoms with van der Waals surface area (Å²) < 4.78 is 10.8. The van der Waals surface area contributed by atoms with Crippen molar-refractivity contribution in [1.82, 2.24) is 4.90 Å². The highest BCUT2D eigenvalue weighted by Gasteiger charge is 2.36. The molecule has 0 radical (unpaired) electrons. The maximum atomic E-state index is 12.2. The number of hydrogen-bond acceptors (Lipinski definition) is 3. The largest absolute Gasteiger partial charge is 0.488 e. The molecule has 1 fully saturated rings. The standard InChI is InChI=1S/C12H19NO3/c1-12(2)9-15-8-6-13(12)11(14)10-5-3-4-7-16-10/h5H,3-4,6-9H2,1-2H3. The highest BCUT2D eigenvalue weighted by molar-refractivity contribution is 5.92. The van der Waals surface area contributed by atoms with Gasteiger partial charge in [0.25, 0.3) is 5.91 Å². The van der Waals surface area contributed by atoms with Gasteiger partial charge in [-0.3, -0.25) is 4.79 Å². The van der Waals surface area contributed by atoms with Crippen molar-refractivity contribution in [2.24, 2.45) is 0 Å². The summed E-state index contributed by atoms with van der Waals surface area (Å²) in [5.41, 5.74) is -0.239. The predicted octanol–water partition coefficient (Wildman–Crippen LogP) is 1.32. The fourth-order valence-electron chi connectivity index (χ4n) is 2.07. The summed E-state index contributed by atoms with van der Waals surface area (Å²) in [6.07, 6.45) is 3.84. The van der Waals surface area contributed by atoms with Crippen molar-refractivity contribution in [3.8, 4) is 0 Å². The second-order valence-electron chi connectivity index (χ2n) is 4.88. The van der Waals surface area contributed by atoms with E-state index in [1.807, 2.05) is 24.8 Å². The third-order valence-corrected chi connectivity index (χ3v) is 3.04. The number of rotatable bonds is 1. The lowest BCUT2D eigenvalue weighted by Crippen LogP contribution is -2.56. The van der Waals surface area contributed by atoms with E-state index in [2.05, 4.69) is 0 Å². The Hall–Kier alpha value is -1.03. The molecule has 0 saturated carbocycles. The van der Waals surface area contributed by atoms with Gasteiger partial charge in [-0.2, -0.15) is 0 Å². The zero-order valence-corrected chi connectivity index (χ0v) is 9.99. The van der Waals surface area contributed by atoms with Crippen LogP contribution in [0.15, 0.2) is 11.8 Å². The Balaban J connectivity index is 2.10. The van der Waals surface area contributed by atoms with Crippen molar-refractivity contribution >= 4 is 5.91 Å². The molecule has 90 valence electrons. The van der Waals surface area contributed by atoms with Crippen molar-refractivity contribution in [1.29, 1.82) is 0 Å². The van der Waals surface area contributed by atoms with Crippen LogP contribution in [-0.4, -0.2) is 42.7 Å². The van der Waals surface area contributed by atoms with Gasteiger partial charge in [0.2, 0.25) is 0 Å². The summed E-state index contributed by atoms with van der Waals surface area (Å²) in [5, 5.41) is 0. The van der Waals surface area contributed by atoms with Crippen LogP contribution < -0.4 is 0 Å². The van der Waals surface area contributed by atoms with E-state index in [-0.39, 0.29) is 11.4 Å². The van der Waals surface area contributed by atoms with Gasteiger partial charge in [-0.05, 0) is 32.8 Å². The van der Waals surface area contributed by atoms with E-state index >= 15 is 0 Å². The third kappa shape index (κ3) is 2.21. The zero-order chi connectivity index (χ0) is 11.6. The van der Waals surface area contributed by atoms with Gasteiger partial charge in [-0.1, -0.05) is 0 Å². The van der Waals surface area contributed by atoms with E-state index in [4.69, 9.17) is 9.47 Å². The first-order valence-corrected chi connectivity index (χ1v) is 5.84. The van der Waals surface area contributed by atoms with E-state index in [1.54, 1.807) is 0 Å². The number of amides is 1. The van der Waals surface area contributed by atoms with E-state index in [9.17, 15) is 4.79 Å². The minimum atomic E-state index is -0.239. The van der Waals surface area contributed by atoms with Crippen LogP contribution in [0.4, 0.5) is 0 Å². The third-order valence-electron chi connectivity index (χ3n) is 3.04. The first-order valence-electron chi connectivity index (χ1n) is 5.84. The Morgan fingerprint density at radius 1 is 1.44 bits per heavy atom. The molecule has 0 N–H and O–H groups in total. The van der Waals surface area contributed by atoms with Crippen LogP contribution in [0.25, 0.3) is 0 Å². The molecule has 0 atom stereocenters. The van der Waals surface area contributed by atoms with Crippen molar-refractivity contribution in [2.75, 3.05) is 26.4 Å². The maximum Gasteiger partial charge on any atom is 0.289 e. The molecule has 0 aromatic carbocycles. The van der Waals surface area contributed by atoms with Gasteiger partial charge < -0.3 is 14.4 Å². The number of nitrogens with zero attached hydrogens (tertiary/aromatic N) is 1. The Bertz CT molecular complexity index is 309. The average molecular weight is 225 g/mol. The van der Waals surface area contributed by atoms with Crippen molar-refractivity contribution < 1.29 is 14.3 Å². The summed E-state index contributed by atoms with van der Waals surface area (Å²) in [7, 11) is 0. The molecule has 0 spiro atoms. The zero-order valence-electron chi connectivity index (χ0n) is 9.99. The maximum absolute atomic E-state index is 12.2. The molecule has 0 aromatic rings. The molecule has 1 amide bonds. The second-order valence-corrected chi connectivity index (χ2v) is 4.88. The Labute approximate surface area is 96.2 Å². The van der Waals surface area contributed by atoms with E-state index in [1.165, 1.54) is 0 Å². The summed E-state index contributed by atoms with van der Waals surface area (Å²) in [6.45, 7) is 6.55. The quantitative estimate of drug-likeness (QED) is 0.675. The van der Waals surface area contributed by atoms with Crippen LogP contribution in [0.3, 0.4) is 0 Å². The van der Waals surface area contributed by atoms with Crippen molar-refractivity contribution in [3.63, 3.8) is 0 Å². The number of allylic oxidation sites excluding steroid dienone is 1. The topological polar surface area (TPSA) is 38.8 Å². The molecule has 2 aliphatic heterocycles. The van der Waals surface area contributed by atoms with Gasteiger partial charge in [0, 0.05) is 6.54 Å².